The van der Waals surface area contributed by atoms with Crippen LogP contribution in [0.4, 0.5) is 0 Å². The van der Waals surface area contributed by atoms with Gasteiger partial charge in [0.25, 0.3) is 0 Å². The Morgan fingerprint density at radius 2 is 1.47 bits per heavy atom. The minimum atomic E-state index is -0.369. The maximum absolute atomic E-state index is 6.13. The second-order valence-electron chi connectivity index (χ2n) is 3.21. The predicted octanol–water partition coefficient (Wildman–Crippen LogP) is 2.43. The Bertz CT molecular complexity index is 554. The molecular weight excluding hydrogens is 413 g/mol. The van der Waals surface area contributed by atoms with Crippen LogP contribution in [0.15, 0.2) is 36.4 Å². The molecule has 0 aliphatic rings. The Hall–Kier alpha value is 0.330. The van der Waals surface area contributed by atoms with E-state index in [1.54, 1.807) is 6.07 Å². The Morgan fingerprint density at radius 3 is 2.12 bits per heavy atom. The highest BCUT2D eigenvalue weighted by Gasteiger charge is 2.20. The second-order valence-corrected chi connectivity index (χ2v) is 7.82. The van der Waals surface area contributed by atoms with Gasteiger partial charge in [0.05, 0.1) is 15.1 Å². The Labute approximate surface area is 130 Å². The zero-order valence-electron chi connectivity index (χ0n) is 8.35. The van der Waals surface area contributed by atoms with Crippen molar-refractivity contribution in [1.29, 1.82) is 0 Å². The van der Waals surface area contributed by atoms with E-state index in [2.05, 4.69) is 0 Å². The zero-order chi connectivity index (χ0) is 12.4. The van der Waals surface area contributed by atoms with Crippen LogP contribution in [-0.4, -0.2) is 0 Å². The van der Waals surface area contributed by atoms with Crippen LogP contribution in [0.5, 0.6) is 0 Å². The minimum Gasteiger partial charge on any atom is -0.0843 e. The molecule has 0 saturated heterocycles. The monoisotopic (exact) mass is 417 g/mol. The Morgan fingerprint density at radius 1 is 0.706 bits per heavy atom. The summed E-state index contributed by atoms with van der Waals surface area (Å²) in [4.78, 5) is 0. The first-order valence-corrected chi connectivity index (χ1v) is 8.28. The third-order valence-electron chi connectivity index (χ3n) is 1.97. The first kappa shape index (κ1) is 13.8. The van der Waals surface area contributed by atoms with E-state index in [1.807, 2.05) is 30.3 Å². The molecule has 0 bridgehead atoms. The molecule has 0 aliphatic carbocycles. The van der Waals surface area contributed by atoms with Crippen LogP contribution >= 0.6 is 46.4 Å². The summed E-state index contributed by atoms with van der Waals surface area (Å²) in [6.07, 6.45) is 0. The van der Waals surface area contributed by atoms with Crippen LogP contribution in [0.2, 0.25) is 20.1 Å². The lowest BCUT2D eigenvalue weighted by atomic mass is 10.4. The van der Waals surface area contributed by atoms with Gasteiger partial charge in [-0.25, -0.2) is 0 Å². The van der Waals surface area contributed by atoms with Gasteiger partial charge in [-0.2, -0.15) is 0 Å². The maximum Gasteiger partial charge on any atom is 0.359 e. The highest BCUT2D eigenvalue weighted by atomic mass is 127. The topological polar surface area (TPSA) is 0 Å². The fourth-order valence-electron chi connectivity index (χ4n) is 1.19. The highest BCUT2D eigenvalue weighted by molar-refractivity contribution is 6.41. The first-order chi connectivity index (χ1) is 8.06. The number of hydrogen-bond acceptors (Lipinski definition) is 0. The van der Waals surface area contributed by atoms with E-state index < -0.39 is 0 Å². The molecule has 2 aromatic carbocycles. The lowest BCUT2D eigenvalue weighted by Crippen LogP contribution is -3.61. The van der Waals surface area contributed by atoms with Crippen molar-refractivity contribution in [2.75, 3.05) is 0 Å². The van der Waals surface area contributed by atoms with Gasteiger partial charge in [-0.15, -0.1) is 0 Å². The van der Waals surface area contributed by atoms with Gasteiger partial charge in [0.1, 0.15) is 0 Å². The summed E-state index contributed by atoms with van der Waals surface area (Å²) < 4.78 is 2.29. The van der Waals surface area contributed by atoms with Gasteiger partial charge in [0.15, 0.2) is 3.57 Å². The van der Waals surface area contributed by atoms with E-state index in [-0.39, 0.29) is 21.2 Å². The van der Waals surface area contributed by atoms with Crippen molar-refractivity contribution in [3.05, 3.63) is 63.6 Å². The van der Waals surface area contributed by atoms with Crippen molar-refractivity contribution in [3.63, 3.8) is 0 Å². The van der Waals surface area contributed by atoms with E-state index in [9.17, 15) is 0 Å². The van der Waals surface area contributed by atoms with E-state index in [1.165, 1.54) is 3.57 Å². The molecule has 2 rings (SSSR count). The molecule has 0 aliphatic heterocycles. The molecule has 0 spiro atoms. The molecule has 5 heteroatoms. The van der Waals surface area contributed by atoms with Crippen molar-refractivity contribution >= 4 is 46.4 Å². The van der Waals surface area contributed by atoms with Crippen molar-refractivity contribution in [2.24, 2.45) is 0 Å². The molecule has 0 nitrogen and oxygen atoms in total. The predicted molar refractivity (Wildman–Crippen MR) is 70.3 cm³/mol. The van der Waals surface area contributed by atoms with Gasteiger partial charge in [0, 0.05) is 11.1 Å². The van der Waals surface area contributed by atoms with E-state index in [4.69, 9.17) is 46.4 Å². The van der Waals surface area contributed by atoms with Crippen LogP contribution in [0.3, 0.4) is 0 Å². The molecule has 0 atom stereocenters. The van der Waals surface area contributed by atoms with Crippen LogP contribution in [0.1, 0.15) is 0 Å². The molecule has 17 heavy (non-hydrogen) atoms. The van der Waals surface area contributed by atoms with Gasteiger partial charge in [-0.05, 0) is 30.3 Å². The Balaban J connectivity index is 2.28. The van der Waals surface area contributed by atoms with Crippen LogP contribution in [-0.2, 0) is 0 Å². The third kappa shape index (κ3) is 3.65. The quantitative estimate of drug-likeness (QED) is 0.519. The fourth-order valence-corrected chi connectivity index (χ4v) is 4.59. The molecule has 0 saturated carbocycles. The normalized spacial score (nSPS) is 10.6. The number of rotatable bonds is 2. The highest BCUT2D eigenvalue weighted by Crippen LogP contribution is 2.20. The molecule has 2 aromatic rings. The smallest absolute Gasteiger partial charge is 0.0843 e. The molecule has 0 N–H and O–H groups in total. The summed E-state index contributed by atoms with van der Waals surface area (Å²) >= 11 is 23.5. The van der Waals surface area contributed by atoms with E-state index >= 15 is 0 Å². The van der Waals surface area contributed by atoms with Crippen molar-refractivity contribution in [2.45, 2.75) is 0 Å². The average Bonchev–Trinajstić information content (AvgIpc) is 2.27. The summed E-state index contributed by atoms with van der Waals surface area (Å²) in [6, 6.07) is 11.2. The van der Waals surface area contributed by atoms with Gasteiger partial charge in [-0.3, -0.25) is 0 Å². The average molecular weight is 419 g/mol. The first-order valence-electron chi connectivity index (χ1n) is 4.61. The minimum absolute atomic E-state index is 0.369. The van der Waals surface area contributed by atoms with Crippen molar-refractivity contribution < 1.29 is 21.2 Å². The second kappa shape index (κ2) is 5.98. The number of hydrogen-bond donors (Lipinski definition) is 0. The maximum atomic E-state index is 6.13. The summed E-state index contributed by atoms with van der Waals surface area (Å²) in [7, 11) is 0. The molecule has 0 unspecified atom stereocenters. The number of halogens is 5. The van der Waals surface area contributed by atoms with Gasteiger partial charge >= 0.3 is 21.2 Å². The standard InChI is InChI=1S/C12H6Cl4I/c13-7-1-4-12(11(16)5-7)17-8-2-3-9(14)10(15)6-8/h1-6H/q+1. The number of benzene rings is 2. The lowest BCUT2D eigenvalue weighted by Gasteiger charge is -1.94. The molecule has 0 heterocycles. The summed E-state index contributed by atoms with van der Waals surface area (Å²) in [6.45, 7) is 0. The SMILES string of the molecule is Clc1ccc([I+]c2ccc(Cl)c(Cl)c2)c(Cl)c1. The molecule has 0 radical (unpaired) electrons. The lowest BCUT2D eigenvalue weighted by molar-refractivity contribution is -0.597. The van der Waals surface area contributed by atoms with Gasteiger partial charge in [0.2, 0.25) is 3.57 Å². The van der Waals surface area contributed by atoms with E-state index in [0.29, 0.717) is 20.1 Å². The van der Waals surface area contributed by atoms with Crippen molar-refractivity contribution in [3.8, 4) is 0 Å². The molecule has 0 amide bonds. The Kier molecular flexibility index (Phi) is 4.84. The summed E-state index contributed by atoms with van der Waals surface area (Å²) in [5, 5.41) is 2.50. The molecule has 88 valence electrons. The van der Waals surface area contributed by atoms with Gasteiger partial charge < -0.3 is 0 Å². The fraction of sp³-hybridized carbons (Fsp3) is 0. The molecule has 0 aromatic heterocycles. The van der Waals surface area contributed by atoms with Crippen LogP contribution in [0, 0.1) is 7.14 Å². The van der Waals surface area contributed by atoms with Crippen LogP contribution < -0.4 is 21.2 Å². The summed E-state index contributed by atoms with van der Waals surface area (Å²) in [5.74, 6) is 0. The third-order valence-corrected chi connectivity index (χ3v) is 6.40. The summed E-state index contributed by atoms with van der Waals surface area (Å²) in [5.41, 5.74) is 0. The molecular formula is C12H6Cl4I+. The zero-order valence-corrected chi connectivity index (χ0v) is 13.5. The largest absolute Gasteiger partial charge is 0.359 e. The van der Waals surface area contributed by atoms with Crippen molar-refractivity contribution in [1.82, 2.24) is 0 Å². The molecule has 0 fully saturated rings. The van der Waals surface area contributed by atoms with E-state index in [0.717, 1.165) is 3.57 Å². The van der Waals surface area contributed by atoms with Crippen LogP contribution in [0.25, 0.3) is 0 Å². The van der Waals surface area contributed by atoms with Gasteiger partial charge in [-0.1, -0.05) is 46.4 Å².